The van der Waals surface area contributed by atoms with Crippen LogP contribution >= 0.6 is 0 Å². The highest BCUT2D eigenvalue weighted by Crippen LogP contribution is 2.32. The van der Waals surface area contributed by atoms with Crippen molar-refractivity contribution in [2.75, 3.05) is 33.3 Å². The van der Waals surface area contributed by atoms with Crippen LogP contribution in [0.25, 0.3) is 11.3 Å². The molecule has 2 heterocycles. The van der Waals surface area contributed by atoms with E-state index in [4.69, 9.17) is 9.15 Å². The lowest BCUT2D eigenvalue weighted by Gasteiger charge is -2.32. The van der Waals surface area contributed by atoms with E-state index in [0.29, 0.717) is 32.5 Å². The summed E-state index contributed by atoms with van der Waals surface area (Å²) < 4.78 is 49.3. The van der Waals surface area contributed by atoms with E-state index in [1.165, 1.54) is 36.2 Å². The molecule has 10 heteroatoms. The van der Waals surface area contributed by atoms with Crippen molar-refractivity contribution in [3.8, 4) is 11.3 Å². The first-order valence-electron chi connectivity index (χ1n) is 10.6. The van der Waals surface area contributed by atoms with E-state index in [2.05, 4.69) is 0 Å². The van der Waals surface area contributed by atoms with Crippen LogP contribution in [0.3, 0.4) is 0 Å². The second-order valence-electron chi connectivity index (χ2n) is 7.81. The lowest BCUT2D eigenvalue weighted by atomic mass is 9.97. The zero-order valence-electron chi connectivity index (χ0n) is 18.4. The number of hydrogen-bond donors (Lipinski definition) is 0. The van der Waals surface area contributed by atoms with Crippen LogP contribution in [0.2, 0.25) is 0 Å². The van der Waals surface area contributed by atoms with Crippen LogP contribution in [0.5, 0.6) is 0 Å². The number of likely N-dealkylation sites (N-methyl/N-ethyl adjacent to an activating group) is 1. The molecule has 178 valence electrons. The topological polar surface area (TPSA) is 80.1 Å². The molecule has 7 nitrogen and oxygen atoms in total. The molecule has 0 aliphatic carbocycles. The lowest BCUT2D eigenvalue weighted by Crippen LogP contribution is -2.45. The van der Waals surface area contributed by atoms with E-state index in [9.17, 15) is 27.6 Å². The predicted octanol–water partition coefficient (Wildman–Crippen LogP) is 3.84. The minimum absolute atomic E-state index is 0.0845. The molecular weight excluding hydrogens is 441 g/mol. The predicted molar refractivity (Wildman–Crippen MR) is 112 cm³/mol. The lowest BCUT2D eigenvalue weighted by molar-refractivity contribution is -0.151. The molecule has 0 radical (unpaired) electrons. The van der Waals surface area contributed by atoms with E-state index >= 15 is 0 Å². The number of nitrogens with zero attached hydrogens (tertiary/aromatic N) is 2. The third-order valence-corrected chi connectivity index (χ3v) is 5.48. The largest absolute Gasteiger partial charge is 0.466 e. The molecule has 0 N–H and O–H groups in total. The normalized spacial score (nSPS) is 14.8. The molecule has 2 amide bonds. The maximum absolute atomic E-state index is 12.9. The van der Waals surface area contributed by atoms with Crippen LogP contribution in [0.4, 0.5) is 13.2 Å². The van der Waals surface area contributed by atoms with Crippen molar-refractivity contribution in [1.82, 2.24) is 9.80 Å². The molecule has 0 saturated carbocycles. The van der Waals surface area contributed by atoms with Crippen molar-refractivity contribution in [2.24, 2.45) is 5.92 Å². The first kappa shape index (κ1) is 24.3. The number of esters is 1. The average molecular weight is 466 g/mol. The van der Waals surface area contributed by atoms with E-state index in [0.717, 1.165) is 12.1 Å². The van der Waals surface area contributed by atoms with Crippen LogP contribution in [0, 0.1) is 5.92 Å². The van der Waals surface area contributed by atoms with E-state index in [1.54, 1.807) is 11.8 Å². The number of alkyl halides is 3. The van der Waals surface area contributed by atoms with Gasteiger partial charge in [-0.15, -0.1) is 0 Å². The summed E-state index contributed by atoms with van der Waals surface area (Å²) in [6, 6.07) is 7.39. The van der Waals surface area contributed by atoms with Crippen LogP contribution in [0.15, 0.2) is 40.8 Å². The monoisotopic (exact) mass is 466 g/mol. The fraction of sp³-hybridized carbons (Fsp3) is 0.435. The van der Waals surface area contributed by atoms with Gasteiger partial charge >= 0.3 is 12.1 Å². The van der Waals surface area contributed by atoms with E-state index in [1.807, 2.05) is 0 Å². The quantitative estimate of drug-likeness (QED) is 0.605. The first-order valence-corrected chi connectivity index (χ1v) is 10.6. The number of halogens is 3. The number of amides is 2. The number of likely N-dealkylation sites (tertiary alicyclic amines) is 1. The third kappa shape index (κ3) is 5.94. The Labute approximate surface area is 189 Å². The van der Waals surface area contributed by atoms with Gasteiger partial charge in [0.2, 0.25) is 5.91 Å². The highest BCUT2D eigenvalue weighted by molar-refractivity contribution is 5.94. The van der Waals surface area contributed by atoms with Gasteiger partial charge in [-0.3, -0.25) is 14.4 Å². The summed E-state index contributed by atoms with van der Waals surface area (Å²) in [4.78, 5) is 39.9. The Morgan fingerprint density at radius 1 is 1.15 bits per heavy atom. The number of ether oxygens (including phenoxy) is 1. The second kappa shape index (κ2) is 10.1. The highest BCUT2D eigenvalue weighted by Gasteiger charge is 2.31. The summed E-state index contributed by atoms with van der Waals surface area (Å²) >= 11 is 0. The minimum atomic E-state index is -4.49. The molecule has 1 aromatic carbocycles. The Morgan fingerprint density at radius 3 is 2.48 bits per heavy atom. The van der Waals surface area contributed by atoms with Crippen molar-refractivity contribution in [3.63, 3.8) is 0 Å². The molecule has 1 saturated heterocycles. The fourth-order valence-corrected chi connectivity index (χ4v) is 3.64. The summed E-state index contributed by atoms with van der Waals surface area (Å²) in [6.07, 6.45) is -3.49. The van der Waals surface area contributed by atoms with Crippen molar-refractivity contribution < 1.29 is 36.7 Å². The minimum Gasteiger partial charge on any atom is -0.466 e. The fourth-order valence-electron chi connectivity index (χ4n) is 3.64. The second-order valence-corrected chi connectivity index (χ2v) is 7.81. The van der Waals surface area contributed by atoms with Gasteiger partial charge in [0.1, 0.15) is 5.76 Å². The van der Waals surface area contributed by atoms with Gasteiger partial charge in [-0.05, 0) is 44.0 Å². The maximum Gasteiger partial charge on any atom is 0.416 e. The molecule has 3 rings (SSSR count). The SMILES string of the molecule is CCOC(=O)C1CCN(C(=O)CN(C)C(=O)c2ccc(-c3cccc(C(F)(F)F)c3)o2)CC1. The smallest absolute Gasteiger partial charge is 0.416 e. The summed E-state index contributed by atoms with van der Waals surface area (Å²) in [5.74, 6) is -1.29. The molecule has 1 aliphatic heterocycles. The van der Waals surface area contributed by atoms with Gasteiger partial charge in [-0.2, -0.15) is 13.2 Å². The molecule has 0 atom stereocenters. The highest BCUT2D eigenvalue weighted by atomic mass is 19.4. The Hall–Kier alpha value is -3.30. The molecule has 1 aliphatic rings. The summed E-state index contributed by atoms with van der Waals surface area (Å²) in [5, 5.41) is 0. The maximum atomic E-state index is 12.9. The molecule has 0 unspecified atom stereocenters. The zero-order valence-corrected chi connectivity index (χ0v) is 18.4. The number of carbonyl (C=O) groups excluding carboxylic acids is 3. The van der Waals surface area contributed by atoms with Gasteiger partial charge < -0.3 is 19.0 Å². The van der Waals surface area contributed by atoms with Crippen molar-refractivity contribution in [2.45, 2.75) is 25.9 Å². The van der Waals surface area contributed by atoms with Gasteiger partial charge in [-0.1, -0.05) is 12.1 Å². The van der Waals surface area contributed by atoms with Gasteiger partial charge in [-0.25, -0.2) is 0 Å². The van der Waals surface area contributed by atoms with E-state index in [-0.39, 0.29) is 41.4 Å². The van der Waals surface area contributed by atoms with Crippen LogP contribution in [-0.2, 0) is 20.5 Å². The summed E-state index contributed by atoms with van der Waals surface area (Å²) in [5.41, 5.74) is -0.634. The van der Waals surface area contributed by atoms with Gasteiger partial charge in [0.05, 0.1) is 24.6 Å². The molecule has 0 spiro atoms. The Morgan fingerprint density at radius 2 is 1.85 bits per heavy atom. The molecule has 33 heavy (non-hydrogen) atoms. The molecule has 2 aromatic rings. The summed E-state index contributed by atoms with van der Waals surface area (Å²) in [6.45, 7) is 2.65. The van der Waals surface area contributed by atoms with Crippen LogP contribution in [0.1, 0.15) is 35.9 Å². The standard InChI is InChI=1S/C23H25F3N2O5/c1-3-32-22(31)15-9-11-28(12-10-15)20(29)14-27(2)21(30)19-8-7-18(33-19)16-5-4-6-17(13-16)23(24,25)26/h4-8,13,15H,3,9-12,14H2,1-2H3. The molecule has 1 fully saturated rings. The first-order chi connectivity index (χ1) is 15.6. The Bertz CT molecular complexity index is 1010. The van der Waals surface area contributed by atoms with Crippen molar-refractivity contribution >= 4 is 17.8 Å². The number of benzene rings is 1. The molecule has 1 aromatic heterocycles. The third-order valence-electron chi connectivity index (χ3n) is 5.48. The molecular formula is C23H25F3N2O5. The van der Waals surface area contributed by atoms with Gasteiger partial charge in [0, 0.05) is 25.7 Å². The van der Waals surface area contributed by atoms with Crippen molar-refractivity contribution in [1.29, 1.82) is 0 Å². The van der Waals surface area contributed by atoms with Crippen LogP contribution in [-0.4, -0.2) is 60.9 Å². The van der Waals surface area contributed by atoms with Crippen molar-refractivity contribution in [3.05, 3.63) is 47.7 Å². The number of carbonyl (C=O) groups is 3. The molecule has 0 bridgehead atoms. The number of piperidine rings is 1. The number of furan rings is 1. The Balaban J connectivity index is 1.58. The van der Waals surface area contributed by atoms with Gasteiger partial charge in [0.15, 0.2) is 5.76 Å². The average Bonchev–Trinajstić information content (AvgIpc) is 3.28. The Kier molecular flexibility index (Phi) is 7.45. The van der Waals surface area contributed by atoms with Gasteiger partial charge in [0.25, 0.3) is 5.91 Å². The van der Waals surface area contributed by atoms with Crippen LogP contribution < -0.4 is 0 Å². The zero-order chi connectivity index (χ0) is 24.2. The number of rotatable bonds is 6. The summed E-state index contributed by atoms with van der Waals surface area (Å²) in [7, 11) is 1.44. The number of hydrogen-bond acceptors (Lipinski definition) is 5. The van der Waals surface area contributed by atoms with E-state index < -0.39 is 17.6 Å².